The lowest BCUT2D eigenvalue weighted by molar-refractivity contribution is 0.0998. The monoisotopic (exact) mass is 316 g/mol. The lowest BCUT2D eigenvalue weighted by Crippen LogP contribution is -2.14. The van der Waals surface area contributed by atoms with Gasteiger partial charge in [-0.05, 0) is 38.8 Å². The minimum atomic E-state index is -0.169. The van der Waals surface area contributed by atoms with E-state index in [0.29, 0.717) is 5.56 Å². The summed E-state index contributed by atoms with van der Waals surface area (Å²) in [6.07, 6.45) is 4.74. The van der Waals surface area contributed by atoms with Crippen molar-refractivity contribution >= 4 is 17.2 Å². The quantitative estimate of drug-likeness (QED) is 0.762. The van der Waals surface area contributed by atoms with E-state index in [4.69, 9.17) is 0 Å². The van der Waals surface area contributed by atoms with Gasteiger partial charge in [-0.1, -0.05) is 37.5 Å². The molecule has 0 saturated carbocycles. The van der Waals surface area contributed by atoms with Crippen molar-refractivity contribution in [3.8, 4) is 0 Å². The predicted molar refractivity (Wildman–Crippen MR) is 92.3 cm³/mol. The van der Waals surface area contributed by atoms with E-state index in [2.05, 4.69) is 18.8 Å². The maximum Gasteiger partial charge on any atom is 0.279 e. The van der Waals surface area contributed by atoms with Gasteiger partial charge >= 0.3 is 0 Å². The zero-order chi connectivity index (χ0) is 16.1. The van der Waals surface area contributed by atoms with Crippen LogP contribution in [0.15, 0.2) is 29.3 Å². The number of aryl methyl sites for hydroxylation is 2. The predicted octanol–water partition coefficient (Wildman–Crippen LogP) is 4.18. The van der Waals surface area contributed by atoms with E-state index in [1.807, 2.05) is 42.8 Å². The molecule has 1 aromatic heterocycles. The Hall–Kier alpha value is -1.68. The van der Waals surface area contributed by atoms with Gasteiger partial charge in [0, 0.05) is 23.2 Å². The van der Waals surface area contributed by atoms with E-state index in [1.165, 1.54) is 29.8 Å². The van der Waals surface area contributed by atoms with E-state index < -0.39 is 0 Å². The second kappa shape index (κ2) is 7.54. The largest absolute Gasteiger partial charge is 0.324 e. The molecule has 0 bridgehead atoms. The minimum Gasteiger partial charge on any atom is -0.324 e. The molecule has 0 spiro atoms. The van der Waals surface area contributed by atoms with Crippen LogP contribution in [0, 0.1) is 13.8 Å². The molecule has 3 nitrogen and oxygen atoms in total. The van der Waals surface area contributed by atoms with E-state index in [9.17, 15) is 4.79 Å². The average molecular weight is 316 g/mol. The SMILES string of the molecule is CCCCCc1sc(=NC(=O)c2ccc(C)cc2)n(C)c1C. The van der Waals surface area contributed by atoms with Crippen LogP contribution in [0.25, 0.3) is 0 Å². The fourth-order valence-corrected chi connectivity index (χ4v) is 3.45. The highest BCUT2D eigenvalue weighted by Crippen LogP contribution is 2.15. The molecule has 0 aliphatic rings. The van der Waals surface area contributed by atoms with E-state index in [-0.39, 0.29) is 5.91 Å². The van der Waals surface area contributed by atoms with Crippen molar-refractivity contribution in [3.63, 3.8) is 0 Å². The molecule has 0 aliphatic carbocycles. The van der Waals surface area contributed by atoms with Crippen LogP contribution in [-0.2, 0) is 13.5 Å². The second-order valence-corrected chi connectivity index (χ2v) is 6.75. The zero-order valence-electron chi connectivity index (χ0n) is 13.8. The number of hydrogen-bond donors (Lipinski definition) is 0. The van der Waals surface area contributed by atoms with Gasteiger partial charge in [-0.2, -0.15) is 4.99 Å². The molecule has 22 heavy (non-hydrogen) atoms. The first kappa shape index (κ1) is 16.7. The van der Waals surface area contributed by atoms with Gasteiger partial charge in [-0.15, -0.1) is 11.3 Å². The van der Waals surface area contributed by atoms with Gasteiger partial charge in [-0.3, -0.25) is 4.79 Å². The number of amides is 1. The molecule has 0 saturated heterocycles. The Morgan fingerprint density at radius 1 is 1.18 bits per heavy atom. The summed E-state index contributed by atoms with van der Waals surface area (Å²) in [6.45, 7) is 6.33. The summed E-state index contributed by atoms with van der Waals surface area (Å²) < 4.78 is 2.03. The topological polar surface area (TPSA) is 34.4 Å². The molecule has 1 aromatic carbocycles. The van der Waals surface area contributed by atoms with Crippen molar-refractivity contribution in [2.45, 2.75) is 46.5 Å². The lowest BCUT2D eigenvalue weighted by Gasteiger charge is -1.99. The van der Waals surface area contributed by atoms with Gasteiger partial charge in [0.1, 0.15) is 0 Å². The molecule has 0 radical (unpaired) electrons. The van der Waals surface area contributed by atoms with Gasteiger partial charge < -0.3 is 4.57 Å². The fourth-order valence-electron chi connectivity index (χ4n) is 2.30. The fraction of sp³-hybridized carbons (Fsp3) is 0.444. The molecular weight excluding hydrogens is 292 g/mol. The van der Waals surface area contributed by atoms with Crippen LogP contribution >= 0.6 is 11.3 Å². The highest BCUT2D eigenvalue weighted by Gasteiger charge is 2.09. The molecule has 4 heteroatoms. The van der Waals surface area contributed by atoms with Crippen LogP contribution in [0.4, 0.5) is 0 Å². The Morgan fingerprint density at radius 2 is 1.86 bits per heavy atom. The van der Waals surface area contributed by atoms with Gasteiger partial charge in [0.25, 0.3) is 5.91 Å². The maximum absolute atomic E-state index is 12.3. The molecule has 118 valence electrons. The summed E-state index contributed by atoms with van der Waals surface area (Å²) >= 11 is 1.64. The number of thiazole rings is 1. The molecule has 2 rings (SSSR count). The third-order valence-corrected chi connectivity index (χ3v) is 5.20. The minimum absolute atomic E-state index is 0.169. The number of carbonyl (C=O) groups is 1. The third-order valence-electron chi connectivity index (χ3n) is 3.91. The first-order chi connectivity index (χ1) is 10.5. The van der Waals surface area contributed by atoms with E-state index in [0.717, 1.165) is 16.8 Å². The molecule has 0 fully saturated rings. The first-order valence-electron chi connectivity index (χ1n) is 7.84. The van der Waals surface area contributed by atoms with Crippen LogP contribution < -0.4 is 4.80 Å². The number of nitrogens with zero attached hydrogens (tertiary/aromatic N) is 2. The van der Waals surface area contributed by atoms with Gasteiger partial charge in [-0.25, -0.2) is 0 Å². The Morgan fingerprint density at radius 3 is 2.50 bits per heavy atom. The second-order valence-electron chi connectivity index (χ2n) is 5.69. The number of benzene rings is 1. The van der Waals surface area contributed by atoms with Crippen LogP contribution in [-0.4, -0.2) is 10.5 Å². The lowest BCUT2D eigenvalue weighted by atomic mass is 10.1. The summed E-state index contributed by atoms with van der Waals surface area (Å²) in [5.41, 5.74) is 3.01. The average Bonchev–Trinajstić information content (AvgIpc) is 2.76. The number of unbranched alkanes of at least 4 members (excludes halogenated alkanes) is 2. The Kier molecular flexibility index (Phi) is 5.72. The smallest absolute Gasteiger partial charge is 0.279 e. The van der Waals surface area contributed by atoms with E-state index >= 15 is 0 Å². The number of aromatic nitrogens is 1. The van der Waals surface area contributed by atoms with Gasteiger partial charge in [0.2, 0.25) is 0 Å². The van der Waals surface area contributed by atoms with Crippen molar-refractivity contribution in [2.75, 3.05) is 0 Å². The number of rotatable bonds is 5. The van der Waals surface area contributed by atoms with Crippen LogP contribution in [0.1, 0.15) is 52.7 Å². The molecule has 1 heterocycles. The van der Waals surface area contributed by atoms with Gasteiger partial charge in [0.05, 0.1) is 0 Å². The zero-order valence-corrected chi connectivity index (χ0v) is 14.7. The number of carbonyl (C=O) groups excluding carboxylic acids is 1. The molecule has 0 unspecified atom stereocenters. The molecular formula is C18H24N2OS. The Labute approximate surface area is 136 Å². The normalized spacial score (nSPS) is 11.9. The molecule has 0 N–H and O–H groups in total. The van der Waals surface area contributed by atoms with Crippen LogP contribution in [0.5, 0.6) is 0 Å². The first-order valence-corrected chi connectivity index (χ1v) is 8.65. The summed E-state index contributed by atoms with van der Waals surface area (Å²) in [5, 5.41) is 0. The number of hydrogen-bond acceptors (Lipinski definition) is 2. The van der Waals surface area contributed by atoms with Crippen molar-refractivity contribution in [1.29, 1.82) is 0 Å². The van der Waals surface area contributed by atoms with E-state index in [1.54, 1.807) is 11.3 Å². The van der Waals surface area contributed by atoms with Crippen molar-refractivity contribution in [2.24, 2.45) is 12.0 Å². The highest BCUT2D eigenvalue weighted by molar-refractivity contribution is 7.09. The summed E-state index contributed by atoms with van der Waals surface area (Å²) in [7, 11) is 1.98. The van der Waals surface area contributed by atoms with Crippen molar-refractivity contribution in [1.82, 2.24) is 4.57 Å². The molecule has 2 aromatic rings. The molecule has 0 atom stereocenters. The summed E-state index contributed by atoms with van der Waals surface area (Å²) in [4.78, 5) is 18.7. The van der Waals surface area contributed by atoms with Crippen LogP contribution in [0.3, 0.4) is 0 Å². The maximum atomic E-state index is 12.3. The Balaban J connectivity index is 2.25. The third kappa shape index (κ3) is 3.95. The molecule has 1 amide bonds. The standard InChI is InChI=1S/C18H24N2OS/c1-5-6-7-8-16-14(3)20(4)18(22-16)19-17(21)15-11-9-13(2)10-12-15/h9-12H,5-8H2,1-4H3. The highest BCUT2D eigenvalue weighted by atomic mass is 32.1. The summed E-state index contributed by atoms with van der Waals surface area (Å²) in [6, 6.07) is 7.56. The van der Waals surface area contributed by atoms with Crippen molar-refractivity contribution < 1.29 is 4.79 Å². The van der Waals surface area contributed by atoms with Gasteiger partial charge in [0.15, 0.2) is 4.80 Å². The summed E-state index contributed by atoms with van der Waals surface area (Å²) in [5.74, 6) is -0.169. The van der Waals surface area contributed by atoms with Crippen molar-refractivity contribution in [3.05, 3.63) is 50.8 Å². The molecule has 0 aliphatic heterocycles. The van der Waals surface area contributed by atoms with Crippen LogP contribution in [0.2, 0.25) is 0 Å². The Bertz CT molecular complexity index is 708.